The molecular formula is C15H32N4O. The highest BCUT2D eigenvalue weighted by Gasteiger charge is 2.24. The first-order valence-electron chi connectivity index (χ1n) is 7.79. The summed E-state index contributed by atoms with van der Waals surface area (Å²) in [5.74, 6) is 1.11. The first kappa shape index (κ1) is 17.2. The molecule has 118 valence electrons. The molecule has 1 unspecified atom stereocenters. The van der Waals surface area contributed by atoms with Gasteiger partial charge in [0.25, 0.3) is 0 Å². The Morgan fingerprint density at radius 3 is 2.75 bits per heavy atom. The van der Waals surface area contributed by atoms with Gasteiger partial charge in [-0.2, -0.15) is 0 Å². The Labute approximate surface area is 123 Å². The molecule has 0 saturated carbocycles. The fourth-order valence-electron chi connectivity index (χ4n) is 2.72. The van der Waals surface area contributed by atoms with Crippen LogP contribution in [0.15, 0.2) is 5.16 Å². The van der Waals surface area contributed by atoms with E-state index in [1.807, 2.05) is 13.8 Å². The van der Waals surface area contributed by atoms with Crippen molar-refractivity contribution < 1.29 is 5.21 Å². The van der Waals surface area contributed by atoms with E-state index in [1.165, 1.54) is 19.5 Å². The van der Waals surface area contributed by atoms with Crippen molar-refractivity contribution in [1.82, 2.24) is 10.2 Å². The van der Waals surface area contributed by atoms with Crippen molar-refractivity contribution in [2.24, 2.45) is 22.2 Å². The van der Waals surface area contributed by atoms with Gasteiger partial charge in [0.05, 0.1) is 0 Å². The molecule has 4 N–H and O–H groups in total. The number of rotatable bonds is 8. The van der Waals surface area contributed by atoms with Crippen molar-refractivity contribution in [1.29, 1.82) is 0 Å². The second kappa shape index (κ2) is 7.84. The molecule has 0 amide bonds. The lowest BCUT2D eigenvalue weighted by Gasteiger charge is -2.23. The molecular weight excluding hydrogens is 252 g/mol. The van der Waals surface area contributed by atoms with E-state index in [0.29, 0.717) is 11.9 Å². The van der Waals surface area contributed by atoms with E-state index in [9.17, 15) is 0 Å². The van der Waals surface area contributed by atoms with Gasteiger partial charge in [-0.15, -0.1) is 0 Å². The number of nitrogens with zero attached hydrogens (tertiary/aromatic N) is 2. The van der Waals surface area contributed by atoms with E-state index in [1.54, 1.807) is 0 Å². The Kier molecular flexibility index (Phi) is 6.76. The van der Waals surface area contributed by atoms with Gasteiger partial charge in [-0.1, -0.05) is 19.0 Å². The molecule has 1 fully saturated rings. The van der Waals surface area contributed by atoms with Gasteiger partial charge in [0.1, 0.15) is 5.84 Å². The second-order valence-corrected chi connectivity index (χ2v) is 6.92. The van der Waals surface area contributed by atoms with Crippen LogP contribution < -0.4 is 11.1 Å². The summed E-state index contributed by atoms with van der Waals surface area (Å²) in [4.78, 5) is 2.55. The summed E-state index contributed by atoms with van der Waals surface area (Å²) in [6.07, 6.45) is 3.28. The third-order valence-electron chi connectivity index (χ3n) is 4.44. The van der Waals surface area contributed by atoms with Gasteiger partial charge >= 0.3 is 0 Å². The Balaban J connectivity index is 2.12. The lowest BCUT2D eigenvalue weighted by Crippen LogP contribution is -2.33. The van der Waals surface area contributed by atoms with E-state index < -0.39 is 0 Å². The maximum Gasteiger partial charge on any atom is 0.144 e. The second-order valence-electron chi connectivity index (χ2n) is 6.92. The minimum Gasteiger partial charge on any atom is -0.409 e. The molecule has 1 heterocycles. The summed E-state index contributed by atoms with van der Waals surface area (Å²) >= 11 is 0. The van der Waals surface area contributed by atoms with Gasteiger partial charge in [0.2, 0.25) is 0 Å². The molecule has 0 radical (unpaired) electrons. The molecule has 20 heavy (non-hydrogen) atoms. The van der Waals surface area contributed by atoms with Gasteiger partial charge in [-0.05, 0) is 58.7 Å². The fraction of sp³-hybridized carbons (Fsp3) is 0.933. The summed E-state index contributed by atoms with van der Waals surface area (Å²) in [5.41, 5.74) is 5.46. The molecule has 1 aliphatic heterocycles. The lowest BCUT2D eigenvalue weighted by atomic mass is 9.86. The third-order valence-corrected chi connectivity index (χ3v) is 4.44. The standard InChI is InChI=1S/C15H32N4O/c1-12(2)19-9-6-13(11-19)10-17-8-5-7-15(3,4)14(16)18-20/h12-13,17,20H,5-11H2,1-4H3,(H2,16,18). The molecule has 0 aromatic carbocycles. The van der Waals surface area contributed by atoms with Crippen molar-refractivity contribution in [3.8, 4) is 0 Å². The summed E-state index contributed by atoms with van der Waals surface area (Å²) in [5, 5.41) is 15.4. The number of nitrogens with one attached hydrogen (secondary N) is 1. The summed E-state index contributed by atoms with van der Waals surface area (Å²) in [7, 11) is 0. The molecule has 0 aromatic heterocycles. The Hall–Kier alpha value is -0.810. The highest BCUT2D eigenvalue weighted by molar-refractivity contribution is 5.85. The lowest BCUT2D eigenvalue weighted by molar-refractivity contribution is 0.263. The zero-order chi connectivity index (χ0) is 15.2. The Morgan fingerprint density at radius 2 is 2.20 bits per heavy atom. The van der Waals surface area contributed by atoms with Gasteiger partial charge in [0, 0.05) is 18.0 Å². The van der Waals surface area contributed by atoms with Gasteiger partial charge in [-0.25, -0.2) is 0 Å². The molecule has 1 atom stereocenters. The van der Waals surface area contributed by atoms with Crippen molar-refractivity contribution in [2.75, 3.05) is 26.2 Å². The highest BCUT2D eigenvalue weighted by atomic mass is 16.4. The normalized spacial score (nSPS) is 21.9. The summed E-state index contributed by atoms with van der Waals surface area (Å²) in [6, 6.07) is 0.668. The predicted octanol–water partition coefficient (Wildman–Crippen LogP) is 1.86. The summed E-state index contributed by atoms with van der Waals surface area (Å²) in [6.45, 7) is 13.1. The Bertz CT molecular complexity index is 315. The third kappa shape index (κ3) is 5.29. The van der Waals surface area contributed by atoms with Crippen molar-refractivity contribution in [3.63, 3.8) is 0 Å². The van der Waals surface area contributed by atoms with Crippen LogP contribution in [0.1, 0.15) is 47.0 Å². The average Bonchev–Trinajstić information content (AvgIpc) is 2.86. The monoisotopic (exact) mass is 284 g/mol. The van der Waals surface area contributed by atoms with Crippen LogP contribution in [-0.4, -0.2) is 48.2 Å². The van der Waals surface area contributed by atoms with Gasteiger partial charge in [-0.3, -0.25) is 0 Å². The predicted molar refractivity (Wildman–Crippen MR) is 84.1 cm³/mol. The Morgan fingerprint density at radius 1 is 1.50 bits per heavy atom. The number of likely N-dealkylation sites (tertiary alicyclic amines) is 1. The maximum atomic E-state index is 8.73. The smallest absolute Gasteiger partial charge is 0.144 e. The maximum absolute atomic E-state index is 8.73. The van der Waals surface area contributed by atoms with Crippen molar-refractivity contribution in [2.45, 2.75) is 53.0 Å². The number of oxime groups is 1. The first-order chi connectivity index (χ1) is 9.36. The van der Waals surface area contributed by atoms with Crippen LogP contribution in [-0.2, 0) is 0 Å². The van der Waals surface area contributed by atoms with Crippen molar-refractivity contribution in [3.05, 3.63) is 0 Å². The molecule has 1 rings (SSSR count). The van der Waals surface area contributed by atoms with E-state index in [0.717, 1.165) is 31.8 Å². The molecule has 5 nitrogen and oxygen atoms in total. The number of nitrogens with two attached hydrogens (primary N) is 1. The largest absolute Gasteiger partial charge is 0.409 e. The van der Waals surface area contributed by atoms with Gasteiger partial charge in [0.15, 0.2) is 0 Å². The average molecular weight is 284 g/mol. The van der Waals surface area contributed by atoms with Crippen LogP contribution in [0.4, 0.5) is 0 Å². The molecule has 0 aliphatic carbocycles. The van der Waals surface area contributed by atoms with E-state index in [2.05, 4.69) is 29.2 Å². The minimum absolute atomic E-state index is 0.224. The quantitative estimate of drug-likeness (QED) is 0.209. The highest BCUT2D eigenvalue weighted by Crippen LogP contribution is 2.22. The van der Waals surface area contributed by atoms with E-state index in [-0.39, 0.29) is 5.41 Å². The number of hydrogen-bond acceptors (Lipinski definition) is 4. The number of amidine groups is 1. The van der Waals surface area contributed by atoms with Crippen LogP contribution in [0.5, 0.6) is 0 Å². The molecule has 5 heteroatoms. The van der Waals surface area contributed by atoms with E-state index >= 15 is 0 Å². The van der Waals surface area contributed by atoms with Crippen molar-refractivity contribution >= 4 is 5.84 Å². The van der Waals surface area contributed by atoms with Crippen LogP contribution in [0.3, 0.4) is 0 Å². The molecule has 1 aliphatic rings. The molecule has 0 bridgehead atoms. The number of hydrogen-bond donors (Lipinski definition) is 3. The topological polar surface area (TPSA) is 73.9 Å². The summed E-state index contributed by atoms with van der Waals surface area (Å²) < 4.78 is 0. The van der Waals surface area contributed by atoms with E-state index in [4.69, 9.17) is 10.9 Å². The fourth-order valence-corrected chi connectivity index (χ4v) is 2.72. The van der Waals surface area contributed by atoms with Crippen LogP contribution in [0.2, 0.25) is 0 Å². The molecule has 1 saturated heterocycles. The molecule has 0 spiro atoms. The first-order valence-corrected chi connectivity index (χ1v) is 7.79. The van der Waals surface area contributed by atoms with Crippen LogP contribution >= 0.6 is 0 Å². The van der Waals surface area contributed by atoms with Crippen LogP contribution in [0.25, 0.3) is 0 Å². The van der Waals surface area contributed by atoms with Crippen LogP contribution in [0, 0.1) is 11.3 Å². The zero-order valence-corrected chi connectivity index (χ0v) is 13.5. The molecule has 0 aromatic rings. The SMILES string of the molecule is CC(C)N1CCC(CNCCCC(C)(C)C(N)=NO)C1. The van der Waals surface area contributed by atoms with Gasteiger partial charge < -0.3 is 21.2 Å². The minimum atomic E-state index is -0.224. The zero-order valence-electron chi connectivity index (χ0n) is 13.5.